The van der Waals surface area contributed by atoms with Crippen LogP contribution in [-0.4, -0.2) is 26.0 Å². The number of carboxylic acid groups (broad SMARTS) is 1. The molecule has 0 radical (unpaired) electrons. The summed E-state index contributed by atoms with van der Waals surface area (Å²) in [7, 11) is 0. The quantitative estimate of drug-likeness (QED) is 0.675. The highest BCUT2D eigenvalue weighted by atomic mass is 19.1. The summed E-state index contributed by atoms with van der Waals surface area (Å²) in [6.45, 7) is 0. The van der Waals surface area contributed by atoms with Crippen LogP contribution in [0.2, 0.25) is 0 Å². The first-order valence-corrected chi connectivity index (χ1v) is 6.87. The zero-order valence-electron chi connectivity index (χ0n) is 12.3. The minimum absolute atomic E-state index is 0.0420. The summed E-state index contributed by atoms with van der Waals surface area (Å²) in [5.74, 6) is -1.02. The van der Waals surface area contributed by atoms with Crippen molar-refractivity contribution in [1.29, 1.82) is 0 Å². The van der Waals surface area contributed by atoms with Gasteiger partial charge in [0.05, 0.1) is 5.56 Å². The van der Waals surface area contributed by atoms with Crippen LogP contribution in [-0.2, 0) is 0 Å². The summed E-state index contributed by atoms with van der Waals surface area (Å²) in [5, 5.41) is 11.9. The van der Waals surface area contributed by atoms with Crippen LogP contribution in [0.1, 0.15) is 10.4 Å². The van der Waals surface area contributed by atoms with Crippen molar-refractivity contribution in [2.75, 3.05) is 11.1 Å². The molecule has 0 saturated heterocycles. The van der Waals surface area contributed by atoms with Crippen molar-refractivity contribution in [3.8, 4) is 11.1 Å². The van der Waals surface area contributed by atoms with Crippen LogP contribution in [0, 0.1) is 5.82 Å². The summed E-state index contributed by atoms with van der Waals surface area (Å²) in [6, 6.07) is 7.15. The number of nitrogens with two attached hydrogens (primary N) is 1. The highest BCUT2D eigenvalue weighted by Crippen LogP contribution is 2.25. The Morgan fingerprint density at radius 1 is 1.17 bits per heavy atom. The number of aromatic nitrogens is 3. The lowest BCUT2D eigenvalue weighted by Gasteiger charge is -2.09. The van der Waals surface area contributed by atoms with Crippen LogP contribution in [0.25, 0.3) is 11.1 Å². The number of rotatable bonds is 4. The third kappa shape index (κ3) is 3.27. The topological polar surface area (TPSA) is 114 Å². The molecule has 0 aliphatic carbocycles. The van der Waals surface area contributed by atoms with Crippen molar-refractivity contribution in [1.82, 2.24) is 15.0 Å². The van der Waals surface area contributed by atoms with Crippen LogP contribution in [0.5, 0.6) is 0 Å². The molecule has 120 valence electrons. The number of nitrogens with zero attached hydrogens (tertiary/aromatic N) is 3. The SMILES string of the molecule is Nc1nc(Nc2ccc(F)cc2)ncc1-c1cncc(C(=O)O)c1. The Hall–Kier alpha value is -3.55. The first-order valence-electron chi connectivity index (χ1n) is 6.87. The molecule has 1 aromatic carbocycles. The summed E-state index contributed by atoms with van der Waals surface area (Å²) in [6.07, 6.45) is 4.19. The molecule has 0 aliphatic heterocycles. The fourth-order valence-corrected chi connectivity index (χ4v) is 2.04. The molecule has 4 N–H and O–H groups in total. The number of carboxylic acids is 1. The lowest BCUT2D eigenvalue weighted by molar-refractivity contribution is 0.0696. The molecule has 2 aromatic heterocycles. The second-order valence-corrected chi connectivity index (χ2v) is 4.89. The number of anilines is 3. The Balaban J connectivity index is 1.88. The molecular weight excluding hydrogens is 313 g/mol. The molecule has 0 bridgehead atoms. The van der Waals surface area contributed by atoms with Crippen LogP contribution >= 0.6 is 0 Å². The van der Waals surface area contributed by atoms with Gasteiger partial charge in [-0.15, -0.1) is 0 Å². The highest BCUT2D eigenvalue weighted by molar-refractivity contribution is 5.89. The Morgan fingerprint density at radius 3 is 2.58 bits per heavy atom. The second-order valence-electron chi connectivity index (χ2n) is 4.89. The van der Waals surface area contributed by atoms with E-state index in [4.69, 9.17) is 10.8 Å². The van der Waals surface area contributed by atoms with E-state index < -0.39 is 5.97 Å². The van der Waals surface area contributed by atoms with E-state index in [2.05, 4.69) is 20.3 Å². The van der Waals surface area contributed by atoms with Crippen molar-refractivity contribution >= 4 is 23.4 Å². The van der Waals surface area contributed by atoms with E-state index in [0.29, 0.717) is 16.8 Å². The lowest BCUT2D eigenvalue weighted by Crippen LogP contribution is -2.03. The van der Waals surface area contributed by atoms with E-state index >= 15 is 0 Å². The Labute approximate surface area is 136 Å². The highest BCUT2D eigenvalue weighted by Gasteiger charge is 2.10. The summed E-state index contributed by atoms with van der Waals surface area (Å²) in [5.41, 5.74) is 7.55. The van der Waals surface area contributed by atoms with Gasteiger partial charge in [0.15, 0.2) is 0 Å². The minimum atomic E-state index is -1.08. The number of nitrogen functional groups attached to an aromatic ring is 1. The molecule has 24 heavy (non-hydrogen) atoms. The van der Waals surface area contributed by atoms with Crippen LogP contribution in [0.3, 0.4) is 0 Å². The smallest absolute Gasteiger partial charge is 0.337 e. The van der Waals surface area contributed by atoms with Gasteiger partial charge in [-0.3, -0.25) is 4.98 Å². The number of benzene rings is 1. The number of hydrogen-bond donors (Lipinski definition) is 3. The maximum atomic E-state index is 12.9. The van der Waals surface area contributed by atoms with E-state index in [1.807, 2.05) is 0 Å². The summed E-state index contributed by atoms with van der Waals surface area (Å²) in [4.78, 5) is 23.2. The van der Waals surface area contributed by atoms with Crippen LogP contribution in [0.15, 0.2) is 48.9 Å². The number of pyridine rings is 1. The molecular formula is C16H12FN5O2. The molecule has 0 spiro atoms. The predicted molar refractivity (Wildman–Crippen MR) is 86.3 cm³/mol. The van der Waals surface area contributed by atoms with Gasteiger partial charge in [-0.1, -0.05) is 0 Å². The average Bonchev–Trinajstić information content (AvgIpc) is 2.57. The molecule has 2 heterocycles. The Bertz CT molecular complexity index is 899. The van der Waals surface area contributed by atoms with E-state index in [1.165, 1.54) is 36.8 Å². The van der Waals surface area contributed by atoms with Crippen molar-refractivity contribution in [2.24, 2.45) is 0 Å². The molecule has 8 heteroatoms. The second kappa shape index (κ2) is 6.29. The van der Waals surface area contributed by atoms with Crippen molar-refractivity contribution in [3.63, 3.8) is 0 Å². The largest absolute Gasteiger partial charge is 0.478 e. The molecule has 0 atom stereocenters. The summed E-state index contributed by atoms with van der Waals surface area (Å²) < 4.78 is 12.9. The van der Waals surface area contributed by atoms with Gasteiger partial charge in [-0.05, 0) is 30.3 Å². The molecule has 0 saturated carbocycles. The van der Waals surface area contributed by atoms with Gasteiger partial charge in [0.1, 0.15) is 11.6 Å². The maximum Gasteiger partial charge on any atom is 0.337 e. The van der Waals surface area contributed by atoms with Gasteiger partial charge in [0.2, 0.25) is 5.95 Å². The monoisotopic (exact) mass is 325 g/mol. The predicted octanol–water partition coefficient (Wildman–Crippen LogP) is 2.70. The number of hydrogen-bond acceptors (Lipinski definition) is 6. The summed E-state index contributed by atoms with van der Waals surface area (Å²) >= 11 is 0. The van der Waals surface area contributed by atoms with Gasteiger partial charge in [-0.25, -0.2) is 14.2 Å². The van der Waals surface area contributed by atoms with Gasteiger partial charge < -0.3 is 16.2 Å². The zero-order chi connectivity index (χ0) is 17.1. The van der Waals surface area contributed by atoms with Crippen molar-refractivity contribution in [2.45, 2.75) is 0 Å². The molecule has 0 aliphatic rings. The fourth-order valence-electron chi connectivity index (χ4n) is 2.04. The Morgan fingerprint density at radius 2 is 1.92 bits per heavy atom. The fraction of sp³-hybridized carbons (Fsp3) is 0. The van der Waals surface area contributed by atoms with Crippen molar-refractivity contribution < 1.29 is 14.3 Å². The molecule has 0 unspecified atom stereocenters. The molecule has 3 rings (SSSR count). The van der Waals surface area contributed by atoms with E-state index in [1.54, 1.807) is 12.1 Å². The van der Waals surface area contributed by atoms with Gasteiger partial charge in [0.25, 0.3) is 0 Å². The number of halogens is 1. The van der Waals surface area contributed by atoms with Gasteiger partial charge >= 0.3 is 5.97 Å². The molecule has 0 fully saturated rings. The van der Waals surface area contributed by atoms with E-state index in [-0.39, 0.29) is 23.1 Å². The zero-order valence-corrected chi connectivity index (χ0v) is 12.3. The number of aromatic carboxylic acids is 1. The van der Waals surface area contributed by atoms with E-state index in [9.17, 15) is 9.18 Å². The normalized spacial score (nSPS) is 10.4. The first-order chi connectivity index (χ1) is 11.5. The Kier molecular flexibility index (Phi) is 4.02. The third-order valence-corrected chi connectivity index (χ3v) is 3.21. The lowest BCUT2D eigenvalue weighted by atomic mass is 10.1. The minimum Gasteiger partial charge on any atom is -0.478 e. The van der Waals surface area contributed by atoms with Crippen LogP contribution < -0.4 is 11.1 Å². The van der Waals surface area contributed by atoms with Crippen LogP contribution in [0.4, 0.5) is 21.8 Å². The number of carbonyl (C=O) groups is 1. The average molecular weight is 325 g/mol. The first kappa shape index (κ1) is 15.3. The molecule has 3 aromatic rings. The van der Waals surface area contributed by atoms with E-state index in [0.717, 1.165) is 0 Å². The standard InChI is InChI=1S/C16H12FN5O2/c17-11-1-3-12(4-2-11)21-16-20-8-13(14(18)22-16)9-5-10(15(23)24)7-19-6-9/h1-8H,(H,23,24)(H3,18,20,21,22). The third-order valence-electron chi connectivity index (χ3n) is 3.21. The van der Waals surface area contributed by atoms with Gasteiger partial charge in [-0.2, -0.15) is 4.98 Å². The van der Waals surface area contributed by atoms with Gasteiger partial charge in [0, 0.05) is 35.4 Å². The van der Waals surface area contributed by atoms with Crippen molar-refractivity contribution in [3.05, 3.63) is 60.3 Å². The number of nitrogens with one attached hydrogen (secondary N) is 1. The maximum absolute atomic E-state index is 12.9. The molecule has 0 amide bonds. The molecule has 7 nitrogen and oxygen atoms in total.